The van der Waals surface area contributed by atoms with Crippen molar-refractivity contribution in [1.29, 1.82) is 0 Å². The monoisotopic (exact) mass is 331 g/mol. The van der Waals surface area contributed by atoms with Gasteiger partial charge in [-0.05, 0) is 57.7 Å². The Kier molecular flexibility index (Phi) is 3.97. The fourth-order valence-electron chi connectivity index (χ4n) is 2.61. The molecule has 0 fully saturated rings. The average Bonchev–Trinajstić information content (AvgIpc) is 2.94. The van der Waals surface area contributed by atoms with Gasteiger partial charge in [-0.2, -0.15) is 0 Å². The molecule has 0 saturated heterocycles. The molecule has 1 unspecified atom stereocenters. The molecule has 1 aliphatic rings. The van der Waals surface area contributed by atoms with Gasteiger partial charge in [-0.1, -0.05) is 25.1 Å². The summed E-state index contributed by atoms with van der Waals surface area (Å²) < 4.78 is 6.68. The van der Waals surface area contributed by atoms with Crippen molar-refractivity contribution in [3.05, 3.63) is 58.1 Å². The van der Waals surface area contributed by atoms with Crippen molar-refractivity contribution in [2.24, 2.45) is 0 Å². The molecule has 3 rings (SSSR count). The summed E-state index contributed by atoms with van der Waals surface area (Å²) >= 11 is 3.59. The number of halogens is 1. The van der Waals surface area contributed by atoms with E-state index in [1.807, 2.05) is 6.07 Å². The number of rotatable bonds is 4. The average molecular weight is 332 g/mol. The Morgan fingerprint density at radius 3 is 2.90 bits per heavy atom. The van der Waals surface area contributed by atoms with Gasteiger partial charge >= 0.3 is 0 Å². The summed E-state index contributed by atoms with van der Waals surface area (Å²) in [5.74, 6) is 1.05. The molecule has 0 radical (unpaired) electrons. The molecule has 2 aromatic carbocycles. The lowest BCUT2D eigenvalue weighted by Crippen LogP contribution is -2.10. The van der Waals surface area contributed by atoms with E-state index in [1.54, 1.807) is 0 Å². The quantitative estimate of drug-likeness (QED) is 0.856. The van der Waals surface area contributed by atoms with Gasteiger partial charge in [-0.3, -0.25) is 0 Å². The van der Waals surface area contributed by atoms with Crippen LogP contribution in [0, 0.1) is 0 Å². The van der Waals surface area contributed by atoms with Crippen LogP contribution in [-0.4, -0.2) is 6.61 Å². The van der Waals surface area contributed by atoms with E-state index in [-0.39, 0.29) is 0 Å². The third kappa shape index (κ3) is 2.68. The first kappa shape index (κ1) is 13.5. The molecule has 2 aromatic rings. The molecule has 0 spiro atoms. The highest BCUT2D eigenvalue weighted by molar-refractivity contribution is 9.10. The minimum Gasteiger partial charge on any atom is -0.493 e. The van der Waals surface area contributed by atoms with Crippen LogP contribution in [0.2, 0.25) is 0 Å². The van der Waals surface area contributed by atoms with Gasteiger partial charge in [0.15, 0.2) is 0 Å². The second-order valence-electron chi connectivity index (χ2n) is 5.05. The molecule has 1 N–H and O–H groups in total. The van der Waals surface area contributed by atoms with Crippen LogP contribution in [0.4, 0.5) is 5.69 Å². The number of hydrogen-bond donors (Lipinski definition) is 1. The van der Waals surface area contributed by atoms with E-state index in [2.05, 4.69) is 64.6 Å². The van der Waals surface area contributed by atoms with Crippen LogP contribution in [0.15, 0.2) is 46.9 Å². The zero-order valence-corrected chi connectivity index (χ0v) is 13.1. The number of hydrogen-bond acceptors (Lipinski definition) is 2. The maximum absolute atomic E-state index is 5.58. The Morgan fingerprint density at radius 1 is 1.25 bits per heavy atom. The topological polar surface area (TPSA) is 21.3 Å². The second-order valence-corrected chi connectivity index (χ2v) is 5.90. The molecule has 1 aliphatic heterocycles. The summed E-state index contributed by atoms with van der Waals surface area (Å²) in [5.41, 5.74) is 3.79. The minimum absolute atomic E-state index is 0.319. The number of para-hydroxylation sites is 1. The molecular formula is C17H18BrNO. The number of anilines is 1. The summed E-state index contributed by atoms with van der Waals surface area (Å²) in [6.07, 6.45) is 2.07. The fraction of sp³-hybridized carbons (Fsp3) is 0.294. The van der Waals surface area contributed by atoms with Crippen LogP contribution in [0.5, 0.6) is 5.75 Å². The minimum atomic E-state index is 0.319. The molecule has 20 heavy (non-hydrogen) atoms. The number of nitrogens with one attached hydrogen (secondary N) is 1. The van der Waals surface area contributed by atoms with Crippen LogP contribution in [0.3, 0.4) is 0 Å². The lowest BCUT2D eigenvalue weighted by molar-refractivity contribution is 0.357. The molecule has 3 heteroatoms. The maximum atomic E-state index is 5.58. The summed E-state index contributed by atoms with van der Waals surface area (Å²) in [5, 5.41) is 3.62. The van der Waals surface area contributed by atoms with Gasteiger partial charge in [-0.25, -0.2) is 0 Å². The van der Waals surface area contributed by atoms with Crippen molar-refractivity contribution in [3.8, 4) is 5.75 Å². The molecule has 0 saturated carbocycles. The Labute approximate surface area is 128 Å². The van der Waals surface area contributed by atoms with Gasteiger partial charge in [0.2, 0.25) is 0 Å². The van der Waals surface area contributed by atoms with Crippen molar-refractivity contribution in [2.45, 2.75) is 25.8 Å². The summed E-state index contributed by atoms with van der Waals surface area (Å²) in [7, 11) is 0. The van der Waals surface area contributed by atoms with E-state index in [9.17, 15) is 0 Å². The third-order valence-electron chi connectivity index (χ3n) is 3.73. The van der Waals surface area contributed by atoms with Crippen LogP contribution in [0.1, 0.15) is 30.5 Å². The van der Waals surface area contributed by atoms with E-state index < -0.39 is 0 Å². The van der Waals surface area contributed by atoms with Crippen LogP contribution >= 0.6 is 15.9 Å². The summed E-state index contributed by atoms with van der Waals surface area (Å²) in [4.78, 5) is 0. The predicted molar refractivity (Wildman–Crippen MR) is 86.4 cm³/mol. The van der Waals surface area contributed by atoms with E-state index >= 15 is 0 Å². The molecule has 104 valence electrons. The van der Waals surface area contributed by atoms with Gasteiger partial charge in [-0.15, -0.1) is 0 Å². The fourth-order valence-corrected chi connectivity index (χ4v) is 3.01. The Balaban J connectivity index is 1.85. The van der Waals surface area contributed by atoms with Crippen molar-refractivity contribution in [1.82, 2.24) is 0 Å². The van der Waals surface area contributed by atoms with Crippen molar-refractivity contribution in [3.63, 3.8) is 0 Å². The van der Waals surface area contributed by atoms with Gasteiger partial charge in [0.05, 0.1) is 12.6 Å². The van der Waals surface area contributed by atoms with Gasteiger partial charge in [0.25, 0.3) is 0 Å². The molecule has 0 aromatic heterocycles. The van der Waals surface area contributed by atoms with E-state index in [1.165, 1.54) is 11.1 Å². The molecule has 0 aliphatic carbocycles. The first-order valence-electron chi connectivity index (χ1n) is 7.04. The first-order chi connectivity index (χ1) is 9.78. The van der Waals surface area contributed by atoms with Crippen molar-refractivity contribution in [2.75, 3.05) is 11.9 Å². The number of benzene rings is 2. The zero-order valence-electron chi connectivity index (χ0n) is 11.5. The Morgan fingerprint density at radius 2 is 2.10 bits per heavy atom. The van der Waals surface area contributed by atoms with E-state index in [0.29, 0.717) is 6.04 Å². The SMILES string of the molecule is CCC(Nc1ccccc1Br)c1ccc2c(c1)CCO2. The van der Waals surface area contributed by atoms with Gasteiger partial charge < -0.3 is 10.1 Å². The smallest absolute Gasteiger partial charge is 0.122 e. The second kappa shape index (κ2) is 5.88. The standard InChI is InChI=1S/C17H18BrNO/c1-2-15(19-16-6-4-3-5-14(16)18)12-7-8-17-13(11-12)9-10-20-17/h3-8,11,15,19H,2,9-10H2,1H3. The van der Waals surface area contributed by atoms with Crippen LogP contribution < -0.4 is 10.1 Å². The van der Waals surface area contributed by atoms with Crippen molar-refractivity contribution < 1.29 is 4.74 Å². The van der Waals surface area contributed by atoms with E-state index in [4.69, 9.17) is 4.74 Å². The Hall–Kier alpha value is -1.48. The van der Waals surface area contributed by atoms with Crippen molar-refractivity contribution >= 4 is 21.6 Å². The van der Waals surface area contributed by atoms with Gasteiger partial charge in [0, 0.05) is 16.6 Å². The zero-order chi connectivity index (χ0) is 13.9. The van der Waals surface area contributed by atoms with Crippen LogP contribution in [0.25, 0.3) is 0 Å². The third-order valence-corrected chi connectivity index (χ3v) is 4.42. The first-order valence-corrected chi connectivity index (χ1v) is 7.84. The van der Waals surface area contributed by atoms with E-state index in [0.717, 1.165) is 35.4 Å². The molecule has 1 atom stereocenters. The van der Waals surface area contributed by atoms with Gasteiger partial charge in [0.1, 0.15) is 5.75 Å². The number of ether oxygens (including phenoxy) is 1. The molecule has 1 heterocycles. The lowest BCUT2D eigenvalue weighted by Gasteiger charge is -2.20. The highest BCUT2D eigenvalue weighted by atomic mass is 79.9. The molecule has 0 bridgehead atoms. The molecule has 0 amide bonds. The lowest BCUT2D eigenvalue weighted by atomic mass is 10.0. The van der Waals surface area contributed by atoms with Crippen LogP contribution in [-0.2, 0) is 6.42 Å². The predicted octanol–water partition coefficient (Wildman–Crippen LogP) is 4.95. The summed E-state index contributed by atoms with van der Waals surface area (Å²) in [6.45, 7) is 3.02. The molecular weight excluding hydrogens is 314 g/mol. The summed E-state index contributed by atoms with van der Waals surface area (Å²) in [6, 6.07) is 15.1. The highest BCUT2D eigenvalue weighted by Crippen LogP contribution is 2.32. The Bertz CT molecular complexity index is 612. The largest absolute Gasteiger partial charge is 0.493 e. The number of fused-ring (bicyclic) bond motifs is 1. The highest BCUT2D eigenvalue weighted by Gasteiger charge is 2.16. The molecule has 2 nitrogen and oxygen atoms in total. The maximum Gasteiger partial charge on any atom is 0.122 e. The normalized spacial score (nSPS) is 14.5.